The molecule has 2 aliphatic heterocycles. The maximum atomic E-state index is 13.1. The van der Waals surface area contributed by atoms with Gasteiger partial charge in [0.05, 0.1) is 31.4 Å². The summed E-state index contributed by atoms with van der Waals surface area (Å²) in [7, 11) is 0. The summed E-state index contributed by atoms with van der Waals surface area (Å²) in [5.41, 5.74) is 1.63. The van der Waals surface area contributed by atoms with Crippen LogP contribution in [0.2, 0.25) is 0 Å². The average Bonchev–Trinajstić information content (AvgIpc) is 3.32. The zero-order valence-electron chi connectivity index (χ0n) is 18.1. The molecule has 4 rings (SSSR count). The monoisotopic (exact) mass is 436 g/mol. The SMILES string of the molecule is CCOC(=O)c1c(NC(=O)[C@@H](C)N2CCC3(CC2)OCCO3)sc2c1CC[C@@H](C)C2. The highest BCUT2D eigenvalue weighted by Crippen LogP contribution is 2.40. The van der Waals surface area contributed by atoms with Crippen LogP contribution in [-0.4, -0.2) is 61.5 Å². The van der Waals surface area contributed by atoms with E-state index in [1.54, 1.807) is 6.92 Å². The molecule has 2 atom stereocenters. The summed E-state index contributed by atoms with van der Waals surface area (Å²) >= 11 is 1.54. The summed E-state index contributed by atoms with van der Waals surface area (Å²) < 4.78 is 16.9. The lowest BCUT2D eigenvalue weighted by Gasteiger charge is -2.39. The number of fused-ring (bicyclic) bond motifs is 1. The smallest absolute Gasteiger partial charge is 0.341 e. The van der Waals surface area contributed by atoms with Gasteiger partial charge in [-0.1, -0.05) is 6.92 Å². The number of likely N-dealkylation sites (tertiary alicyclic amines) is 1. The van der Waals surface area contributed by atoms with Crippen LogP contribution >= 0.6 is 11.3 Å². The van der Waals surface area contributed by atoms with Gasteiger partial charge in [0.2, 0.25) is 5.91 Å². The van der Waals surface area contributed by atoms with Gasteiger partial charge < -0.3 is 19.5 Å². The van der Waals surface area contributed by atoms with Crippen molar-refractivity contribution in [2.45, 2.75) is 64.7 Å². The van der Waals surface area contributed by atoms with Crippen LogP contribution in [0.25, 0.3) is 0 Å². The molecule has 0 bridgehead atoms. The summed E-state index contributed by atoms with van der Waals surface area (Å²) in [6.45, 7) is 9.07. The van der Waals surface area contributed by atoms with Gasteiger partial charge in [0, 0.05) is 30.8 Å². The van der Waals surface area contributed by atoms with Crippen LogP contribution in [0.15, 0.2) is 0 Å². The Labute approximate surface area is 182 Å². The van der Waals surface area contributed by atoms with Crippen LogP contribution < -0.4 is 5.32 Å². The topological polar surface area (TPSA) is 77.1 Å². The molecule has 3 aliphatic rings. The molecule has 3 heterocycles. The first-order chi connectivity index (χ1) is 14.4. The highest BCUT2D eigenvalue weighted by Gasteiger charge is 2.41. The number of carbonyl (C=O) groups is 2. The molecule has 0 aromatic carbocycles. The van der Waals surface area contributed by atoms with E-state index in [1.807, 2.05) is 6.92 Å². The van der Waals surface area contributed by atoms with Gasteiger partial charge in [0.15, 0.2) is 5.79 Å². The molecule has 0 radical (unpaired) electrons. The van der Waals surface area contributed by atoms with E-state index in [2.05, 4.69) is 17.1 Å². The van der Waals surface area contributed by atoms with E-state index in [1.165, 1.54) is 16.2 Å². The average molecular weight is 437 g/mol. The maximum Gasteiger partial charge on any atom is 0.341 e. The van der Waals surface area contributed by atoms with Crippen LogP contribution in [0.5, 0.6) is 0 Å². The zero-order chi connectivity index (χ0) is 21.3. The number of nitrogens with zero attached hydrogens (tertiary/aromatic N) is 1. The van der Waals surface area contributed by atoms with Crippen molar-refractivity contribution < 1.29 is 23.8 Å². The Morgan fingerprint density at radius 3 is 2.67 bits per heavy atom. The maximum absolute atomic E-state index is 13.1. The Morgan fingerprint density at radius 1 is 1.30 bits per heavy atom. The number of thiophene rings is 1. The van der Waals surface area contributed by atoms with Gasteiger partial charge in [-0.15, -0.1) is 11.3 Å². The highest BCUT2D eigenvalue weighted by atomic mass is 32.1. The van der Waals surface area contributed by atoms with E-state index >= 15 is 0 Å². The lowest BCUT2D eigenvalue weighted by Crippen LogP contribution is -2.51. The van der Waals surface area contributed by atoms with Crippen molar-refractivity contribution in [1.29, 1.82) is 0 Å². The number of rotatable bonds is 5. The fraction of sp³-hybridized carbons (Fsp3) is 0.727. The third kappa shape index (κ3) is 4.28. The normalized spacial score (nSPS) is 24.4. The minimum absolute atomic E-state index is 0.0867. The Kier molecular flexibility index (Phi) is 6.48. The lowest BCUT2D eigenvalue weighted by molar-refractivity contribution is -0.187. The van der Waals surface area contributed by atoms with Gasteiger partial charge in [-0.25, -0.2) is 4.79 Å². The molecule has 0 unspecified atom stereocenters. The predicted molar refractivity (Wildman–Crippen MR) is 115 cm³/mol. The van der Waals surface area contributed by atoms with Crippen LogP contribution in [0.4, 0.5) is 5.00 Å². The lowest BCUT2D eigenvalue weighted by atomic mass is 9.88. The van der Waals surface area contributed by atoms with Crippen molar-refractivity contribution in [2.75, 3.05) is 38.2 Å². The quantitative estimate of drug-likeness (QED) is 0.715. The third-order valence-electron chi connectivity index (χ3n) is 6.53. The molecule has 30 heavy (non-hydrogen) atoms. The van der Waals surface area contributed by atoms with Crippen molar-refractivity contribution in [3.05, 3.63) is 16.0 Å². The van der Waals surface area contributed by atoms with Crippen molar-refractivity contribution in [1.82, 2.24) is 4.90 Å². The molecule has 2 saturated heterocycles. The Balaban J connectivity index is 1.46. The standard InChI is InChI=1S/C22H32N2O5S/c1-4-27-21(26)18-16-6-5-14(2)13-17(16)30-20(18)23-19(25)15(3)24-9-7-22(8-10-24)28-11-12-29-22/h14-15H,4-13H2,1-3H3,(H,23,25)/t14-,15-/m1/s1. The zero-order valence-corrected chi connectivity index (χ0v) is 18.9. The molecule has 1 aromatic rings. The van der Waals surface area contributed by atoms with Crippen molar-refractivity contribution in [2.24, 2.45) is 5.92 Å². The number of hydrogen-bond acceptors (Lipinski definition) is 7. The molecule has 1 aliphatic carbocycles. The Hall–Kier alpha value is -1.48. The molecule has 2 fully saturated rings. The summed E-state index contributed by atoms with van der Waals surface area (Å²) in [6, 6.07) is -0.295. The largest absolute Gasteiger partial charge is 0.462 e. The van der Waals surface area contributed by atoms with Crippen LogP contribution in [-0.2, 0) is 31.8 Å². The second-order valence-corrected chi connectivity index (χ2v) is 9.69. The summed E-state index contributed by atoms with van der Waals surface area (Å²) in [4.78, 5) is 29.1. The number of amides is 1. The molecule has 1 N–H and O–H groups in total. The molecular formula is C22H32N2O5S. The van der Waals surface area contributed by atoms with Crippen molar-refractivity contribution in [3.8, 4) is 0 Å². The van der Waals surface area contributed by atoms with Crippen molar-refractivity contribution in [3.63, 3.8) is 0 Å². The van der Waals surface area contributed by atoms with E-state index in [4.69, 9.17) is 14.2 Å². The molecular weight excluding hydrogens is 404 g/mol. The van der Waals surface area contributed by atoms with Gasteiger partial charge in [0.1, 0.15) is 5.00 Å². The Bertz CT molecular complexity index is 792. The molecule has 1 amide bonds. The number of esters is 1. The fourth-order valence-electron chi connectivity index (χ4n) is 4.68. The van der Waals surface area contributed by atoms with Gasteiger partial charge in [-0.2, -0.15) is 0 Å². The summed E-state index contributed by atoms with van der Waals surface area (Å²) in [5, 5.41) is 3.69. The summed E-state index contributed by atoms with van der Waals surface area (Å²) in [5.74, 6) is -0.276. The van der Waals surface area contributed by atoms with E-state index in [0.717, 1.165) is 50.8 Å². The number of carbonyl (C=O) groups excluding carboxylic acids is 2. The number of piperidine rings is 1. The van der Waals surface area contributed by atoms with Gasteiger partial charge in [-0.3, -0.25) is 9.69 Å². The number of nitrogens with one attached hydrogen (secondary N) is 1. The van der Waals surface area contributed by atoms with Gasteiger partial charge >= 0.3 is 5.97 Å². The van der Waals surface area contributed by atoms with Gasteiger partial charge in [-0.05, 0) is 44.6 Å². The predicted octanol–water partition coefficient (Wildman–Crippen LogP) is 3.22. The second kappa shape index (κ2) is 8.94. The number of anilines is 1. The Morgan fingerprint density at radius 2 is 2.00 bits per heavy atom. The van der Waals surface area contributed by atoms with E-state index in [9.17, 15) is 9.59 Å². The van der Waals surface area contributed by atoms with Gasteiger partial charge in [0.25, 0.3) is 0 Å². The molecule has 0 saturated carbocycles. The molecule has 1 aromatic heterocycles. The van der Waals surface area contributed by atoms with E-state index < -0.39 is 5.79 Å². The first-order valence-corrected chi connectivity index (χ1v) is 11.9. The van der Waals surface area contributed by atoms with Crippen LogP contribution in [0, 0.1) is 5.92 Å². The second-order valence-electron chi connectivity index (χ2n) is 8.59. The number of hydrogen-bond donors (Lipinski definition) is 1. The minimum atomic E-state index is -0.451. The highest BCUT2D eigenvalue weighted by molar-refractivity contribution is 7.17. The van der Waals surface area contributed by atoms with Crippen LogP contribution in [0.1, 0.15) is 60.8 Å². The number of ether oxygens (including phenoxy) is 3. The fourth-order valence-corrected chi connectivity index (χ4v) is 6.08. The molecule has 166 valence electrons. The first-order valence-electron chi connectivity index (χ1n) is 11.1. The summed E-state index contributed by atoms with van der Waals surface area (Å²) in [6.07, 6.45) is 4.40. The van der Waals surface area contributed by atoms with E-state index in [-0.39, 0.29) is 17.9 Å². The molecule has 1 spiro atoms. The first kappa shape index (κ1) is 21.7. The van der Waals surface area contributed by atoms with Crippen molar-refractivity contribution >= 4 is 28.2 Å². The van der Waals surface area contributed by atoms with Crippen LogP contribution in [0.3, 0.4) is 0 Å². The molecule has 7 nitrogen and oxygen atoms in total. The molecule has 8 heteroatoms. The minimum Gasteiger partial charge on any atom is -0.462 e. The third-order valence-corrected chi connectivity index (χ3v) is 7.70. The van der Waals surface area contributed by atoms with E-state index in [0.29, 0.717) is 36.3 Å².